The lowest BCUT2D eigenvalue weighted by Gasteiger charge is -2.09. The molecule has 0 fully saturated rings. The van der Waals surface area contributed by atoms with Crippen LogP contribution in [-0.2, 0) is 9.59 Å². The SMILES string of the molecule is CCC(CNCCC(=O)O)C(=O)O. The highest BCUT2D eigenvalue weighted by Gasteiger charge is 2.13. The van der Waals surface area contributed by atoms with Gasteiger partial charge in [0, 0.05) is 13.1 Å². The van der Waals surface area contributed by atoms with E-state index in [2.05, 4.69) is 5.32 Å². The summed E-state index contributed by atoms with van der Waals surface area (Å²) in [5.41, 5.74) is 0. The summed E-state index contributed by atoms with van der Waals surface area (Å²) in [4.78, 5) is 20.6. The summed E-state index contributed by atoms with van der Waals surface area (Å²) < 4.78 is 0. The van der Waals surface area contributed by atoms with Crippen molar-refractivity contribution >= 4 is 11.9 Å². The summed E-state index contributed by atoms with van der Waals surface area (Å²) in [5.74, 6) is -2.14. The normalized spacial score (nSPS) is 12.4. The molecule has 1 atom stereocenters. The van der Waals surface area contributed by atoms with Crippen LogP contribution in [0.25, 0.3) is 0 Å². The molecule has 0 spiro atoms. The van der Waals surface area contributed by atoms with Crippen LogP contribution in [0.4, 0.5) is 0 Å². The second-order valence-corrected chi connectivity index (χ2v) is 2.79. The zero-order valence-corrected chi connectivity index (χ0v) is 7.62. The molecule has 0 aromatic heterocycles. The molecule has 0 aliphatic rings. The van der Waals surface area contributed by atoms with Gasteiger partial charge in [0.05, 0.1) is 12.3 Å². The van der Waals surface area contributed by atoms with E-state index in [1.54, 1.807) is 6.92 Å². The van der Waals surface area contributed by atoms with E-state index >= 15 is 0 Å². The van der Waals surface area contributed by atoms with Crippen molar-refractivity contribution in [2.45, 2.75) is 19.8 Å². The predicted molar refractivity (Wildman–Crippen MR) is 46.5 cm³/mol. The van der Waals surface area contributed by atoms with Gasteiger partial charge >= 0.3 is 11.9 Å². The lowest BCUT2D eigenvalue weighted by Crippen LogP contribution is -2.29. The Morgan fingerprint density at radius 3 is 2.38 bits per heavy atom. The van der Waals surface area contributed by atoms with Gasteiger partial charge in [0.2, 0.25) is 0 Å². The molecule has 76 valence electrons. The zero-order valence-electron chi connectivity index (χ0n) is 7.62. The van der Waals surface area contributed by atoms with Crippen molar-refractivity contribution in [1.82, 2.24) is 5.32 Å². The maximum atomic E-state index is 10.5. The van der Waals surface area contributed by atoms with E-state index < -0.39 is 17.9 Å². The van der Waals surface area contributed by atoms with E-state index in [-0.39, 0.29) is 6.42 Å². The summed E-state index contributed by atoms with van der Waals surface area (Å²) in [7, 11) is 0. The fraction of sp³-hybridized carbons (Fsp3) is 0.750. The molecule has 0 amide bonds. The van der Waals surface area contributed by atoms with Gasteiger partial charge in [0.1, 0.15) is 0 Å². The van der Waals surface area contributed by atoms with Gasteiger partial charge in [-0.2, -0.15) is 0 Å². The van der Waals surface area contributed by atoms with Crippen molar-refractivity contribution < 1.29 is 19.8 Å². The average molecular weight is 189 g/mol. The molecule has 0 radical (unpaired) electrons. The molecular weight excluding hydrogens is 174 g/mol. The van der Waals surface area contributed by atoms with Crippen molar-refractivity contribution in [1.29, 1.82) is 0 Å². The summed E-state index contributed by atoms with van der Waals surface area (Å²) >= 11 is 0. The van der Waals surface area contributed by atoms with Crippen LogP contribution < -0.4 is 5.32 Å². The molecule has 0 aromatic carbocycles. The summed E-state index contributed by atoms with van der Waals surface area (Å²) in [6, 6.07) is 0. The van der Waals surface area contributed by atoms with Crippen LogP contribution in [0.15, 0.2) is 0 Å². The molecule has 5 heteroatoms. The lowest BCUT2D eigenvalue weighted by atomic mass is 10.1. The number of carboxylic acids is 2. The second-order valence-electron chi connectivity index (χ2n) is 2.79. The summed E-state index contributed by atoms with van der Waals surface area (Å²) in [5, 5.41) is 19.7. The molecule has 0 saturated heterocycles. The molecule has 5 nitrogen and oxygen atoms in total. The first-order valence-corrected chi connectivity index (χ1v) is 4.23. The van der Waals surface area contributed by atoms with Crippen LogP contribution in [0.1, 0.15) is 19.8 Å². The van der Waals surface area contributed by atoms with E-state index in [0.717, 1.165) is 0 Å². The van der Waals surface area contributed by atoms with Gasteiger partial charge in [-0.05, 0) is 6.42 Å². The molecule has 0 aromatic rings. The standard InChI is InChI=1S/C8H15NO4/c1-2-6(8(12)13)5-9-4-3-7(10)11/h6,9H,2-5H2,1H3,(H,10,11)(H,12,13). The molecule has 13 heavy (non-hydrogen) atoms. The maximum Gasteiger partial charge on any atom is 0.307 e. The van der Waals surface area contributed by atoms with E-state index in [4.69, 9.17) is 10.2 Å². The van der Waals surface area contributed by atoms with E-state index in [1.165, 1.54) is 0 Å². The third-order valence-corrected chi connectivity index (χ3v) is 1.75. The Morgan fingerprint density at radius 1 is 1.38 bits per heavy atom. The number of carboxylic acid groups (broad SMARTS) is 2. The first kappa shape index (κ1) is 11.9. The van der Waals surface area contributed by atoms with Crippen LogP contribution >= 0.6 is 0 Å². The molecule has 0 aliphatic carbocycles. The minimum absolute atomic E-state index is 0.0239. The molecular formula is C8H15NO4. The van der Waals surface area contributed by atoms with Gasteiger partial charge in [0.25, 0.3) is 0 Å². The maximum absolute atomic E-state index is 10.5. The van der Waals surface area contributed by atoms with Crippen molar-refractivity contribution in [2.75, 3.05) is 13.1 Å². The minimum Gasteiger partial charge on any atom is -0.481 e. The zero-order chi connectivity index (χ0) is 10.3. The number of hydrogen-bond acceptors (Lipinski definition) is 3. The smallest absolute Gasteiger partial charge is 0.307 e. The van der Waals surface area contributed by atoms with Crippen LogP contribution in [0.5, 0.6) is 0 Å². The van der Waals surface area contributed by atoms with Gasteiger partial charge in [-0.3, -0.25) is 9.59 Å². The third kappa shape index (κ3) is 6.10. The molecule has 0 bridgehead atoms. The minimum atomic E-state index is -0.879. The number of rotatable bonds is 7. The molecule has 0 rings (SSSR count). The second kappa shape index (κ2) is 6.42. The fourth-order valence-corrected chi connectivity index (χ4v) is 0.878. The number of hydrogen-bond donors (Lipinski definition) is 3. The van der Waals surface area contributed by atoms with Crippen LogP contribution in [0.2, 0.25) is 0 Å². The van der Waals surface area contributed by atoms with Crippen LogP contribution in [0, 0.1) is 5.92 Å². The van der Waals surface area contributed by atoms with Gasteiger partial charge < -0.3 is 15.5 Å². The summed E-state index contributed by atoms with van der Waals surface area (Å²) in [6.45, 7) is 2.44. The highest BCUT2D eigenvalue weighted by molar-refractivity contribution is 5.70. The van der Waals surface area contributed by atoms with Gasteiger partial charge in [-0.1, -0.05) is 6.92 Å². The molecule has 0 saturated carbocycles. The molecule has 0 heterocycles. The van der Waals surface area contributed by atoms with Gasteiger partial charge in [-0.15, -0.1) is 0 Å². The highest BCUT2D eigenvalue weighted by atomic mass is 16.4. The third-order valence-electron chi connectivity index (χ3n) is 1.75. The molecule has 0 aliphatic heterocycles. The van der Waals surface area contributed by atoms with E-state index in [1.807, 2.05) is 0 Å². The van der Waals surface area contributed by atoms with Crippen molar-refractivity contribution in [3.8, 4) is 0 Å². The Kier molecular flexibility index (Phi) is 5.88. The van der Waals surface area contributed by atoms with E-state index in [9.17, 15) is 9.59 Å². The first-order chi connectivity index (χ1) is 6.07. The van der Waals surface area contributed by atoms with Crippen LogP contribution in [-0.4, -0.2) is 35.2 Å². The lowest BCUT2D eigenvalue weighted by molar-refractivity contribution is -0.141. The topological polar surface area (TPSA) is 86.6 Å². The summed E-state index contributed by atoms with van der Waals surface area (Å²) in [6.07, 6.45) is 0.575. The Bertz CT molecular complexity index is 181. The monoisotopic (exact) mass is 189 g/mol. The Hall–Kier alpha value is -1.10. The highest BCUT2D eigenvalue weighted by Crippen LogP contribution is 1.99. The largest absolute Gasteiger partial charge is 0.481 e. The number of carbonyl (C=O) groups is 2. The Morgan fingerprint density at radius 2 is 2.00 bits per heavy atom. The first-order valence-electron chi connectivity index (χ1n) is 4.23. The van der Waals surface area contributed by atoms with Gasteiger partial charge in [0.15, 0.2) is 0 Å². The van der Waals surface area contributed by atoms with Crippen molar-refractivity contribution in [3.05, 3.63) is 0 Å². The number of nitrogens with one attached hydrogen (secondary N) is 1. The number of aliphatic carboxylic acids is 2. The van der Waals surface area contributed by atoms with Crippen molar-refractivity contribution in [3.63, 3.8) is 0 Å². The quantitative estimate of drug-likeness (QED) is 0.497. The van der Waals surface area contributed by atoms with E-state index in [0.29, 0.717) is 19.5 Å². The fourth-order valence-electron chi connectivity index (χ4n) is 0.878. The predicted octanol–water partition coefficient (Wildman–Crippen LogP) is 0.161. The molecule has 1 unspecified atom stereocenters. The Labute approximate surface area is 76.8 Å². The van der Waals surface area contributed by atoms with Gasteiger partial charge in [-0.25, -0.2) is 0 Å². The average Bonchev–Trinajstić information content (AvgIpc) is 2.03. The molecule has 3 N–H and O–H groups in total. The Balaban J connectivity index is 3.50. The van der Waals surface area contributed by atoms with Crippen molar-refractivity contribution in [2.24, 2.45) is 5.92 Å². The van der Waals surface area contributed by atoms with Crippen LogP contribution in [0.3, 0.4) is 0 Å².